The molecular weight excluding hydrogens is 352 g/mol. The fourth-order valence-corrected chi connectivity index (χ4v) is 2.61. The van der Waals surface area contributed by atoms with Crippen molar-refractivity contribution in [1.29, 1.82) is 0 Å². The quantitative estimate of drug-likeness (QED) is 0.742. The van der Waals surface area contributed by atoms with E-state index in [1.807, 2.05) is 38.1 Å². The number of carbonyl (C=O) groups is 2. The molecule has 27 heavy (non-hydrogen) atoms. The van der Waals surface area contributed by atoms with Crippen LogP contribution < -0.4 is 10.6 Å². The first-order valence-electron chi connectivity index (χ1n) is 8.71. The number of hydrogen-bond donors (Lipinski definition) is 2. The number of nitrogens with one attached hydrogen (secondary N) is 2. The molecule has 0 radical (unpaired) electrons. The standard InChI is InChI=1S/C20H23F2N3O2/c1-3-10-25(13-20(27)24-18-7-5-4-6-14(18)2)12-19(26)23-15-8-9-16(21)17(22)11-15/h4-9,11H,3,10,12-13H2,1-2H3,(H,23,26)(H,24,27). The van der Waals surface area contributed by atoms with E-state index in [1.165, 1.54) is 6.07 Å². The number of nitrogens with zero attached hydrogens (tertiary/aromatic N) is 1. The van der Waals surface area contributed by atoms with Crippen LogP contribution in [0.3, 0.4) is 0 Å². The van der Waals surface area contributed by atoms with Gasteiger partial charge < -0.3 is 10.6 Å². The van der Waals surface area contributed by atoms with Gasteiger partial charge in [0.1, 0.15) is 0 Å². The van der Waals surface area contributed by atoms with Crippen LogP contribution in [0.1, 0.15) is 18.9 Å². The van der Waals surface area contributed by atoms with Crippen LogP contribution in [0, 0.1) is 18.6 Å². The number of hydrogen-bond acceptors (Lipinski definition) is 3. The SMILES string of the molecule is CCCN(CC(=O)Nc1ccc(F)c(F)c1)CC(=O)Nc1ccccc1C. The molecule has 0 fully saturated rings. The molecule has 2 rings (SSSR count). The Morgan fingerprint density at radius 1 is 0.963 bits per heavy atom. The molecule has 0 bridgehead atoms. The Balaban J connectivity index is 1.93. The number of anilines is 2. The minimum absolute atomic E-state index is 0.0337. The van der Waals surface area contributed by atoms with Crippen LogP contribution >= 0.6 is 0 Å². The van der Waals surface area contributed by atoms with Gasteiger partial charge in [0.05, 0.1) is 13.1 Å². The number of aryl methyl sites for hydroxylation is 1. The van der Waals surface area contributed by atoms with E-state index in [9.17, 15) is 18.4 Å². The molecule has 7 heteroatoms. The van der Waals surface area contributed by atoms with Gasteiger partial charge in [0.15, 0.2) is 11.6 Å². The molecule has 0 aliphatic rings. The van der Waals surface area contributed by atoms with Crippen molar-refractivity contribution < 1.29 is 18.4 Å². The Morgan fingerprint density at radius 3 is 2.26 bits per heavy atom. The van der Waals surface area contributed by atoms with E-state index in [0.717, 1.165) is 29.8 Å². The van der Waals surface area contributed by atoms with Crippen LogP contribution in [0.2, 0.25) is 0 Å². The van der Waals surface area contributed by atoms with Gasteiger partial charge in [-0.05, 0) is 43.7 Å². The molecule has 0 saturated heterocycles. The zero-order chi connectivity index (χ0) is 19.8. The Morgan fingerprint density at radius 2 is 1.63 bits per heavy atom. The fraction of sp³-hybridized carbons (Fsp3) is 0.300. The van der Waals surface area contributed by atoms with Crippen LogP contribution in [0.5, 0.6) is 0 Å². The molecule has 0 aliphatic carbocycles. The highest BCUT2D eigenvalue weighted by molar-refractivity contribution is 5.95. The van der Waals surface area contributed by atoms with E-state index in [2.05, 4.69) is 10.6 Å². The summed E-state index contributed by atoms with van der Waals surface area (Å²) in [4.78, 5) is 26.2. The summed E-state index contributed by atoms with van der Waals surface area (Å²) in [6.45, 7) is 4.40. The van der Waals surface area contributed by atoms with Gasteiger partial charge in [0.2, 0.25) is 11.8 Å². The normalized spacial score (nSPS) is 10.7. The molecular formula is C20H23F2N3O2. The molecule has 0 unspecified atom stereocenters. The number of carbonyl (C=O) groups excluding carboxylic acids is 2. The highest BCUT2D eigenvalue weighted by atomic mass is 19.2. The lowest BCUT2D eigenvalue weighted by atomic mass is 10.2. The minimum atomic E-state index is -1.03. The average molecular weight is 375 g/mol. The zero-order valence-corrected chi connectivity index (χ0v) is 15.4. The molecule has 0 atom stereocenters. The Labute approximate surface area is 157 Å². The van der Waals surface area contributed by atoms with E-state index in [0.29, 0.717) is 6.54 Å². The third-order valence-electron chi connectivity index (χ3n) is 3.90. The van der Waals surface area contributed by atoms with Crippen LogP contribution in [0.4, 0.5) is 20.2 Å². The number of benzene rings is 2. The summed E-state index contributed by atoms with van der Waals surface area (Å²) in [5.41, 5.74) is 1.84. The predicted molar refractivity (Wildman–Crippen MR) is 102 cm³/mol. The van der Waals surface area contributed by atoms with Crippen molar-refractivity contribution in [2.75, 3.05) is 30.3 Å². The van der Waals surface area contributed by atoms with Crippen molar-refractivity contribution in [3.05, 3.63) is 59.7 Å². The summed E-state index contributed by atoms with van der Waals surface area (Å²) >= 11 is 0. The monoisotopic (exact) mass is 375 g/mol. The average Bonchev–Trinajstić information content (AvgIpc) is 2.60. The second-order valence-corrected chi connectivity index (χ2v) is 6.25. The summed E-state index contributed by atoms with van der Waals surface area (Å²) in [5, 5.41) is 5.34. The van der Waals surface area contributed by atoms with Crippen molar-refractivity contribution in [2.24, 2.45) is 0 Å². The molecule has 2 aromatic carbocycles. The third kappa shape index (κ3) is 6.45. The molecule has 2 aromatic rings. The first-order chi connectivity index (χ1) is 12.9. The molecule has 2 N–H and O–H groups in total. The highest BCUT2D eigenvalue weighted by Gasteiger charge is 2.15. The van der Waals surface area contributed by atoms with Gasteiger partial charge in [-0.1, -0.05) is 25.1 Å². The number of para-hydroxylation sites is 1. The van der Waals surface area contributed by atoms with Gasteiger partial charge in [0.25, 0.3) is 0 Å². The van der Waals surface area contributed by atoms with Crippen LogP contribution in [-0.2, 0) is 9.59 Å². The van der Waals surface area contributed by atoms with Crippen LogP contribution in [-0.4, -0.2) is 36.3 Å². The molecule has 0 aromatic heterocycles. The van der Waals surface area contributed by atoms with Crippen LogP contribution in [0.25, 0.3) is 0 Å². The molecule has 144 valence electrons. The Bertz CT molecular complexity index is 812. The van der Waals surface area contributed by atoms with E-state index in [4.69, 9.17) is 0 Å². The lowest BCUT2D eigenvalue weighted by Gasteiger charge is -2.21. The van der Waals surface area contributed by atoms with Gasteiger partial charge in [-0.15, -0.1) is 0 Å². The van der Waals surface area contributed by atoms with E-state index < -0.39 is 17.5 Å². The van der Waals surface area contributed by atoms with Crippen molar-refractivity contribution in [3.8, 4) is 0 Å². The molecule has 5 nitrogen and oxygen atoms in total. The smallest absolute Gasteiger partial charge is 0.238 e. The van der Waals surface area contributed by atoms with Gasteiger partial charge in [0, 0.05) is 17.4 Å². The predicted octanol–water partition coefficient (Wildman–Crippen LogP) is 3.56. The first kappa shape index (κ1) is 20.5. The lowest BCUT2D eigenvalue weighted by Crippen LogP contribution is -2.39. The summed E-state index contributed by atoms with van der Waals surface area (Å²) < 4.78 is 26.2. The van der Waals surface area contributed by atoms with Gasteiger partial charge in [-0.3, -0.25) is 14.5 Å². The molecule has 0 heterocycles. The lowest BCUT2D eigenvalue weighted by molar-refractivity contribution is -0.120. The molecule has 0 aliphatic heterocycles. The largest absolute Gasteiger partial charge is 0.325 e. The topological polar surface area (TPSA) is 61.4 Å². The molecule has 0 spiro atoms. The Hall–Kier alpha value is -2.80. The second-order valence-electron chi connectivity index (χ2n) is 6.25. The molecule has 2 amide bonds. The van der Waals surface area contributed by atoms with E-state index >= 15 is 0 Å². The van der Waals surface area contributed by atoms with E-state index in [-0.39, 0.29) is 24.7 Å². The maximum Gasteiger partial charge on any atom is 0.238 e. The number of rotatable bonds is 8. The van der Waals surface area contributed by atoms with Gasteiger partial charge in [-0.2, -0.15) is 0 Å². The van der Waals surface area contributed by atoms with Crippen molar-refractivity contribution >= 4 is 23.2 Å². The highest BCUT2D eigenvalue weighted by Crippen LogP contribution is 2.14. The number of halogens is 2. The maximum absolute atomic E-state index is 13.2. The van der Waals surface area contributed by atoms with Crippen molar-refractivity contribution in [1.82, 2.24) is 4.90 Å². The summed E-state index contributed by atoms with van der Waals surface area (Å²) in [6.07, 6.45) is 0.760. The van der Waals surface area contributed by atoms with Gasteiger partial charge >= 0.3 is 0 Å². The maximum atomic E-state index is 13.2. The fourth-order valence-electron chi connectivity index (χ4n) is 2.61. The minimum Gasteiger partial charge on any atom is -0.325 e. The van der Waals surface area contributed by atoms with Crippen LogP contribution in [0.15, 0.2) is 42.5 Å². The Kier molecular flexibility index (Phi) is 7.43. The van der Waals surface area contributed by atoms with Gasteiger partial charge in [-0.25, -0.2) is 8.78 Å². The van der Waals surface area contributed by atoms with Crippen molar-refractivity contribution in [3.63, 3.8) is 0 Å². The third-order valence-corrected chi connectivity index (χ3v) is 3.90. The summed E-state index contributed by atoms with van der Waals surface area (Å²) in [5.74, 6) is -2.64. The van der Waals surface area contributed by atoms with E-state index in [1.54, 1.807) is 4.90 Å². The summed E-state index contributed by atoms with van der Waals surface area (Å²) in [7, 11) is 0. The second kappa shape index (κ2) is 9.78. The molecule has 0 saturated carbocycles. The van der Waals surface area contributed by atoms with Crippen molar-refractivity contribution in [2.45, 2.75) is 20.3 Å². The first-order valence-corrected chi connectivity index (χ1v) is 8.71. The zero-order valence-electron chi connectivity index (χ0n) is 15.4. The number of amides is 2. The summed E-state index contributed by atoms with van der Waals surface area (Å²) in [6, 6.07) is 10.6.